The quantitative estimate of drug-likeness (QED) is 0.542. The summed E-state index contributed by atoms with van der Waals surface area (Å²) in [6.45, 7) is 1.05. The van der Waals surface area contributed by atoms with Crippen molar-refractivity contribution in [3.63, 3.8) is 0 Å². The first-order chi connectivity index (χ1) is 7.25. The average Bonchev–Trinajstić information content (AvgIpc) is 2.54. The molecule has 0 spiro atoms. The second kappa shape index (κ2) is 3.24. The van der Waals surface area contributed by atoms with Gasteiger partial charge in [0.2, 0.25) is 9.84 Å². The Labute approximate surface area is 95.8 Å². The molecule has 0 amide bonds. The number of fused-ring (bicyclic) bond motifs is 3. The van der Waals surface area contributed by atoms with Crippen molar-refractivity contribution in [2.24, 2.45) is 0 Å². The highest BCUT2D eigenvalue weighted by Gasteiger charge is 2.26. The lowest BCUT2D eigenvalue weighted by atomic mass is 10.2. The Morgan fingerprint density at radius 1 is 1.47 bits per heavy atom. The molecule has 0 saturated carbocycles. The van der Waals surface area contributed by atoms with Crippen LogP contribution < -0.4 is 10.3 Å². The third kappa shape index (κ3) is 1.36. The maximum atomic E-state index is 5.95. The Kier molecular flexibility index (Phi) is 2.00. The van der Waals surface area contributed by atoms with Gasteiger partial charge in [0.05, 0.1) is 0 Å². The number of thiazole rings is 1. The Balaban J connectivity index is 2.42. The normalized spacial score (nSPS) is 15.5. The number of aryl methyl sites for hydroxylation is 2. The average molecular weight is 239 g/mol. The van der Waals surface area contributed by atoms with Crippen LogP contribution in [0.15, 0.2) is 0 Å². The molecule has 4 nitrogen and oxygen atoms in total. The second-order valence-corrected chi connectivity index (χ2v) is 5.16. The molecule has 3 heterocycles. The van der Waals surface area contributed by atoms with Crippen LogP contribution in [0.4, 0.5) is 5.82 Å². The van der Waals surface area contributed by atoms with Gasteiger partial charge in [0.1, 0.15) is 6.54 Å². The van der Waals surface area contributed by atoms with Gasteiger partial charge in [-0.15, -0.1) is 0 Å². The third-order valence-corrected chi connectivity index (χ3v) is 4.04. The van der Waals surface area contributed by atoms with Crippen LogP contribution in [0.2, 0.25) is 0 Å². The molecule has 0 bridgehead atoms. The lowest BCUT2D eigenvalue weighted by molar-refractivity contribution is -0.679. The van der Waals surface area contributed by atoms with E-state index in [1.807, 2.05) is 0 Å². The van der Waals surface area contributed by atoms with Crippen LogP contribution in [-0.2, 0) is 13.0 Å². The number of aromatic amines is 1. The molecule has 3 rings (SSSR count). The Morgan fingerprint density at radius 3 is 3.20 bits per heavy atom. The van der Waals surface area contributed by atoms with Crippen LogP contribution >= 0.6 is 23.6 Å². The summed E-state index contributed by atoms with van der Waals surface area (Å²) in [5, 5.41) is 1.37. The Hall–Kier alpha value is -1.01. The molecule has 0 unspecified atom stereocenters. The maximum Gasteiger partial charge on any atom is 0.283 e. The van der Waals surface area contributed by atoms with E-state index >= 15 is 0 Å². The number of nitrogens with two attached hydrogens (primary N) is 1. The molecule has 1 aliphatic rings. The minimum atomic E-state index is 0.471. The molecule has 78 valence electrons. The SMILES string of the molecule is Nc1[nH]c(=S)nc2sc3[n+](c12)CCCC3. The van der Waals surface area contributed by atoms with Crippen molar-refractivity contribution < 1.29 is 4.57 Å². The molecular formula is C9H11N4S2+. The molecule has 3 N–H and O–H groups in total. The lowest BCUT2D eigenvalue weighted by Gasteiger charge is -2.04. The number of nitrogens with zero attached hydrogens (tertiary/aromatic N) is 2. The van der Waals surface area contributed by atoms with Crippen molar-refractivity contribution in [1.29, 1.82) is 0 Å². The van der Waals surface area contributed by atoms with E-state index in [4.69, 9.17) is 18.0 Å². The van der Waals surface area contributed by atoms with Crippen LogP contribution in [0.25, 0.3) is 10.3 Å². The highest BCUT2D eigenvalue weighted by molar-refractivity contribution is 7.71. The van der Waals surface area contributed by atoms with E-state index in [1.54, 1.807) is 11.3 Å². The molecule has 0 aliphatic carbocycles. The smallest absolute Gasteiger partial charge is 0.283 e. The first-order valence-corrected chi connectivity index (χ1v) is 6.19. The number of rotatable bonds is 0. The van der Waals surface area contributed by atoms with Gasteiger partial charge in [-0.1, -0.05) is 0 Å². The summed E-state index contributed by atoms with van der Waals surface area (Å²) in [5.74, 6) is 0.648. The van der Waals surface area contributed by atoms with Gasteiger partial charge in [0, 0.05) is 12.8 Å². The van der Waals surface area contributed by atoms with Crippen molar-refractivity contribution in [1.82, 2.24) is 9.97 Å². The largest absolute Gasteiger partial charge is 0.380 e. The summed E-state index contributed by atoms with van der Waals surface area (Å²) in [6.07, 6.45) is 3.61. The summed E-state index contributed by atoms with van der Waals surface area (Å²) in [5.41, 5.74) is 6.98. The van der Waals surface area contributed by atoms with E-state index in [1.165, 1.54) is 17.8 Å². The summed E-state index contributed by atoms with van der Waals surface area (Å²) in [7, 11) is 0. The molecule has 1 aliphatic heterocycles. The number of aromatic nitrogens is 3. The molecule has 15 heavy (non-hydrogen) atoms. The molecule has 0 radical (unpaired) electrons. The zero-order chi connectivity index (χ0) is 10.4. The maximum absolute atomic E-state index is 5.95. The van der Waals surface area contributed by atoms with Crippen LogP contribution in [0.1, 0.15) is 17.8 Å². The molecule has 2 aromatic heterocycles. The van der Waals surface area contributed by atoms with E-state index in [0.29, 0.717) is 10.6 Å². The van der Waals surface area contributed by atoms with E-state index in [0.717, 1.165) is 23.3 Å². The summed E-state index contributed by atoms with van der Waals surface area (Å²) in [4.78, 5) is 8.20. The van der Waals surface area contributed by atoms with Gasteiger partial charge in [-0.25, -0.2) is 4.98 Å². The number of hydrogen-bond donors (Lipinski definition) is 2. The van der Waals surface area contributed by atoms with Gasteiger partial charge in [-0.2, -0.15) is 4.57 Å². The zero-order valence-corrected chi connectivity index (χ0v) is 9.75. The molecular weight excluding hydrogens is 228 g/mol. The first kappa shape index (κ1) is 9.23. The Morgan fingerprint density at radius 2 is 2.33 bits per heavy atom. The highest BCUT2D eigenvalue weighted by atomic mass is 32.1. The summed E-state index contributed by atoms with van der Waals surface area (Å²) < 4.78 is 2.75. The minimum absolute atomic E-state index is 0.471. The number of hydrogen-bond acceptors (Lipinski definition) is 4. The number of nitrogens with one attached hydrogen (secondary N) is 1. The van der Waals surface area contributed by atoms with Crippen LogP contribution in [0.5, 0.6) is 0 Å². The lowest BCUT2D eigenvalue weighted by Crippen LogP contribution is -2.39. The van der Waals surface area contributed by atoms with Crippen molar-refractivity contribution >= 4 is 39.7 Å². The van der Waals surface area contributed by atoms with Crippen LogP contribution in [-0.4, -0.2) is 9.97 Å². The Bertz CT molecular complexity index is 584. The van der Waals surface area contributed by atoms with E-state index in [9.17, 15) is 0 Å². The van der Waals surface area contributed by atoms with Gasteiger partial charge in [-0.05, 0) is 30.0 Å². The monoisotopic (exact) mass is 239 g/mol. The molecule has 0 atom stereocenters. The second-order valence-electron chi connectivity index (χ2n) is 3.71. The van der Waals surface area contributed by atoms with Gasteiger partial charge in [-0.3, -0.25) is 0 Å². The van der Waals surface area contributed by atoms with Gasteiger partial charge in [0.15, 0.2) is 10.6 Å². The summed E-state index contributed by atoms with van der Waals surface area (Å²) >= 11 is 6.73. The summed E-state index contributed by atoms with van der Waals surface area (Å²) in [6, 6.07) is 0. The van der Waals surface area contributed by atoms with Crippen molar-refractivity contribution in [3.05, 3.63) is 9.78 Å². The van der Waals surface area contributed by atoms with E-state index < -0.39 is 0 Å². The van der Waals surface area contributed by atoms with Gasteiger partial charge < -0.3 is 10.7 Å². The van der Waals surface area contributed by atoms with Crippen molar-refractivity contribution in [2.45, 2.75) is 25.8 Å². The topological polar surface area (TPSA) is 58.6 Å². The van der Waals surface area contributed by atoms with Gasteiger partial charge >= 0.3 is 0 Å². The molecule has 6 heteroatoms. The zero-order valence-electron chi connectivity index (χ0n) is 8.12. The predicted molar refractivity (Wildman–Crippen MR) is 62.4 cm³/mol. The fourth-order valence-electron chi connectivity index (χ4n) is 2.05. The first-order valence-electron chi connectivity index (χ1n) is 4.97. The van der Waals surface area contributed by atoms with Crippen LogP contribution in [0.3, 0.4) is 0 Å². The number of anilines is 1. The van der Waals surface area contributed by atoms with Crippen molar-refractivity contribution in [2.75, 3.05) is 5.73 Å². The molecule has 0 saturated heterocycles. The van der Waals surface area contributed by atoms with Gasteiger partial charge in [0.25, 0.3) is 5.52 Å². The molecule has 0 fully saturated rings. The fraction of sp³-hybridized carbons (Fsp3) is 0.444. The molecule has 2 aromatic rings. The van der Waals surface area contributed by atoms with E-state index in [2.05, 4.69) is 14.5 Å². The minimum Gasteiger partial charge on any atom is -0.380 e. The molecule has 0 aromatic carbocycles. The van der Waals surface area contributed by atoms with Crippen molar-refractivity contribution in [3.8, 4) is 0 Å². The third-order valence-electron chi connectivity index (χ3n) is 2.71. The standard InChI is InChI=1S/C9H10N4S2/c10-7-6-8(12-9(14)11-7)15-5-3-1-2-4-13(5)6/h1-4H2,(H2-,10,11,12,14)/p+1. The number of H-pyrrole nitrogens is 1. The predicted octanol–water partition coefficient (Wildman–Crippen LogP) is 1.56. The highest BCUT2D eigenvalue weighted by Crippen LogP contribution is 2.25. The number of nitrogen functional groups attached to an aromatic ring is 1. The fourth-order valence-corrected chi connectivity index (χ4v) is 3.53. The van der Waals surface area contributed by atoms with Crippen LogP contribution in [0, 0.1) is 4.77 Å². The van der Waals surface area contributed by atoms with E-state index in [-0.39, 0.29) is 0 Å².